The lowest BCUT2D eigenvalue weighted by Crippen LogP contribution is -2.44. The molecule has 0 aliphatic rings. The number of carboxylic acid groups (broad SMARTS) is 1. The first-order valence-electron chi connectivity index (χ1n) is 6.00. The molecule has 1 aromatic heterocycles. The number of halogens is 1. The van der Waals surface area contributed by atoms with E-state index in [2.05, 4.69) is 5.32 Å². The van der Waals surface area contributed by atoms with Crippen molar-refractivity contribution < 1.29 is 19.4 Å². The Bertz CT molecular complexity index is 452. The lowest BCUT2D eigenvalue weighted by atomic mass is 10.3. The zero-order valence-electron chi connectivity index (χ0n) is 11.1. The number of amides is 2. The minimum absolute atomic E-state index is 0.236. The van der Waals surface area contributed by atoms with Gasteiger partial charge in [-0.1, -0.05) is 11.6 Å². The third-order valence-corrected chi connectivity index (χ3v) is 3.75. The van der Waals surface area contributed by atoms with Crippen LogP contribution >= 0.6 is 22.9 Å². The van der Waals surface area contributed by atoms with Gasteiger partial charge in [-0.15, -0.1) is 11.3 Å². The van der Waals surface area contributed by atoms with E-state index >= 15 is 0 Å². The maximum Gasteiger partial charge on any atom is 0.323 e. The average molecular weight is 321 g/mol. The lowest BCUT2D eigenvalue weighted by molar-refractivity contribution is -0.137. The number of aliphatic carboxylic acids is 1. The van der Waals surface area contributed by atoms with E-state index in [1.165, 1.54) is 23.3 Å². The molecule has 0 saturated heterocycles. The first-order valence-corrected chi connectivity index (χ1v) is 7.20. The molecule has 0 aliphatic carbocycles. The Kier molecular flexibility index (Phi) is 7.35. The molecule has 1 heterocycles. The number of nitrogens with zero attached hydrogens (tertiary/aromatic N) is 1. The quantitative estimate of drug-likeness (QED) is 0.764. The second-order valence-corrected chi connectivity index (χ2v) is 5.80. The van der Waals surface area contributed by atoms with Gasteiger partial charge in [0.1, 0.15) is 6.54 Å². The normalized spacial score (nSPS) is 10.3. The number of methoxy groups -OCH3 is 1. The fraction of sp³-hybridized carbons (Fsp3) is 0.500. The number of carbonyl (C=O) groups is 2. The summed E-state index contributed by atoms with van der Waals surface area (Å²) < 4.78 is 5.56. The van der Waals surface area contributed by atoms with E-state index in [9.17, 15) is 9.59 Å². The minimum atomic E-state index is -1.05. The van der Waals surface area contributed by atoms with Gasteiger partial charge in [0.05, 0.1) is 10.9 Å². The van der Waals surface area contributed by atoms with Gasteiger partial charge >= 0.3 is 12.0 Å². The highest BCUT2D eigenvalue weighted by atomic mass is 35.5. The summed E-state index contributed by atoms with van der Waals surface area (Å²) in [5.74, 6) is -1.05. The van der Waals surface area contributed by atoms with Crippen LogP contribution in [0.2, 0.25) is 4.34 Å². The number of rotatable bonds is 8. The lowest BCUT2D eigenvalue weighted by Gasteiger charge is -2.20. The Morgan fingerprint density at radius 1 is 1.50 bits per heavy atom. The SMILES string of the molecule is COCCN(CC(=O)O)C(=O)NCCc1ccc(Cl)s1. The summed E-state index contributed by atoms with van der Waals surface area (Å²) in [5, 5.41) is 11.4. The minimum Gasteiger partial charge on any atom is -0.480 e. The molecule has 0 radical (unpaired) electrons. The van der Waals surface area contributed by atoms with Crippen LogP contribution in [0, 0.1) is 0 Å². The summed E-state index contributed by atoms with van der Waals surface area (Å²) in [6.45, 7) is 0.611. The summed E-state index contributed by atoms with van der Waals surface area (Å²) in [5.41, 5.74) is 0. The van der Waals surface area contributed by atoms with Crippen LogP contribution < -0.4 is 5.32 Å². The molecule has 0 aromatic carbocycles. The van der Waals surface area contributed by atoms with Crippen LogP contribution in [0.15, 0.2) is 12.1 Å². The Morgan fingerprint density at radius 3 is 2.80 bits per heavy atom. The molecule has 1 rings (SSSR count). The molecule has 1 aromatic rings. The highest BCUT2D eigenvalue weighted by Gasteiger charge is 2.15. The molecule has 0 bridgehead atoms. The molecule has 0 atom stereocenters. The van der Waals surface area contributed by atoms with Gasteiger partial charge in [0.2, 0.25) is 0 Å². The van der Waals surface area contributed by atoms with E-state index in [0.717, 1.165) is 4.88 Å². The van der Waals surface area contributed by atoms with Crippen LogP contribution in [0.4, 0.5) is 4.79 Å². The monoisotopic (exact) mass is 320 g/mol. The highest BCUT2D eigenvalue weighted by Crippen LogP contribution is 2.21. The Hall–Kier alpha value is -1.31. The molecule has 0 spiro atoms. The zero-order chi connectivity index (χ0) is 15.0. The molecular formula is C12H17ClN2O4S. The van der Waals surface area contributed by atoms with E-state index < -0.39 is 12.0 Å². The van der Waals surface area contributed by atoms with Gasteiger partial charge in [-0.05, 0) is 18.6 Å². The number of urea groups is 1. The summed E-state index contributed by atoms with van der Waals surface area (Å²) in [7, 11) is 1.50. The van der Waals surface area contributed by atoms with Crippen LogP contribution in [-0.4, -0.2) is 55.4 Å². The van der Waals surface area contributed by atoms with Crippen molar-refractivity contribution in [3.8, 4) is 0 Å². The molecule has 0 aliphatic heterocycles. The van der Waals surface area contributed by atoms with Crippen LogP contribution in [0.3, 0.4) is 0 Å². The smallest absolute Gasteiger partial charge is 0.323 e. The molecule has 2 N–H and O–H groups in total. The van der Waals surface area contributed by atoms with Gasteiger partial charge < -0.3 is 20.1 Å². The van der Waals surface area contributed by atoms with Crippen molar-refractivity contribution in [2.75, 3.05) is 33.4 Å². The maximum absolute atomic E-state index is 11.9. The summed E-state index contributed by atoms with van der Waals surface area (Å²) in [6.07, 6.45) is 0.661. The summed E-state index contributed by atoms with van der Waals surface area (Å²) in [6, 6.07) is 3.30. The predicted molar refractivity (Wildman–Crippen MR) is 77.5 cm³/mol. The van der Waals surface area contributed by atoms with Crippen molar-refractivity contribution in [3.05, 3.63) is 21.3 Å². The summed E-state index contributed by atoms with van der Waals surface area (Å²) >= 11 is 7.27. The van der Waals surface area contributed by atoms with E-state index in [-0.39, 0.29) is 13.1 Å². The van der Waals surface area contributed by atoms with Crippen LogP contribution in [0.25, 0.3) is 0 Å². The molecule has 112 valence electrons. The number of thiophene rings is 1. The fourth-order valence-electron chi connectivity index (χ4n) is 1.51. The third kappa shape index (κ3) is 6.23. The summed E-state index contributed by atoms with van der Waals surface area (Å²) in [4.78, 5) is 24.8. The van der Waals surface area contributed by atoms with Gasteiger partial charge in [-0.3, -0.25) is 4.79 Å². The Labute approximate surface area is 126 Å². The van der Waals surface area contributed by atoms with E-state index in [1.54, 1.807) is 6.07 Å². The van der Waals surface area contributed by atoms with Gasteiger partial charge in [-0.2, -0.15) is 0 Å². The average Bonchev–Trinajstić information content (AvgIpc) is 2.79. The first-order chi connectivity index (χ1) is 9.52. The van der Waals surface area contributed by atoms with Crippen molar-refractivity contribution in [1.29, 1.82) is 0 Å². The van der Waals surface area contributed by atoms with Crippen molar-refractivity contribution in [2.45, 2.75) is 6.42 Å². The molecule has 6 nitrogen and oxygen atoms in total. The van der Waals surface area contributed by atoms with Gasteiger partial charge in [-0.25, -0.2) is 4.79 Å². The molecular weight excluding hydrogens is 304 g/mol. The fourth-order valence-corrected chi connectivity index (χ4v) is 2.59. The number of nitrogens with one attached hydrogen (secondary N) is 1. The molecule has 0 fully saturated rings. The predicted octanol–water partition coefficient (Wildman–Crippen LogP) is 1.69. The van der Waals surface area contributed by atoms with Crippen LogP contribution in [-0.2, 0) is 16.0 Å². The topological polar surface area (TPSA) is 78.9 Å². The molecule has 0 unspecified atom stereocenters. The van der Waals surface area contributed by atoms with E-state index in [1.807, 2.05) is 6.07 Å². The van der Waals surface area contributed by atoms with Gasteiger partial charge in [0.25, 0.3) is 0 Å². The van der Waals surface area contributed by atoms with E-state index in [0.29, 0.717) is 23.9 Å². The maximum atomic E-state index is 11.9. The van der Waals surface area contributed by atoms with Crippen molar-refractivity contribution in [2.24, 2.45) is 0 Å². The third-order valence-electron chi connectivity index (χ3n) is 2.46. The number of ether oxygens (including phenoxy) is 1. The Morgan fingerprint density at radius 2 is 2.25 bits per heavy atom. The van der Waals surface area contributed by atoms with Crippen molar-refractivity contribution in [1.82, 2.24) is 10.2 Å². The molecule has 20 heavy (non-hydrogen) atoms. The first kappa shape index (κ1) is 16.7. The number of carbonyl (C=O) groups excluding carboxylic acids is 1. The highest BCUT2D eigenvalue weighted by molar-refractivity contribution is 7.16. The molecule has 8 heteroatoms. The van der Waals surface area contributed by atoms with Crippen molar-refractivity contribution >= 4 is 34.9 Å². The second kappa shape index (κ2) is 8.78. The number of hydrogen-bond donors (Lipinski definition) is 2. The second-order valence-electron chi connectivity index (χ2n) is 4.00. The number of carboxylic acids is 1. The van der Waals surface area contributed by atoms with Crippen molar-refractivity contribution in [3.63, 3.8) is 0 Å². The largest absolute Gasteiger partial charge is 0.480 e. The number of hydrogen-bond acceptors (Lipinski definition) is 4. The van der Waals surface area contributed by atoms with Gasteiger partial charge in [0.15, 0.2) is 0 Å². The van der Waals surface area contributed by atoms with Crippen LogP contribution in [0.5, 0.6) is 0 Å². The zero-order valence-corrected chi connectivity index (χ0v) is 12.7. The molecule has 0 saturated carbocycles. The van der Waals surface area contributed by atoms with E-state index in [4.69, 9.17) is 21.4 Å². The molecule has 2 amide bonds. The standard InChI is InChI=1S/C12H17ClN2O4S/c1-19-7-6-15(8-11(16)17)12(18)14-5-4-9-2-3-10(13)20-9/h2-3H,4-8H2,1H3,(H,14,18)(H,16,17). The van der Waals surface area contributed by atoms with Crippen LogP contribution in [0.1, 0.15) is 4.88 Å². The Balaban J connectivity index is 2.38. The van der Waals surface area contributed by atoms with Gasteiger partial charge in [0, 0.05) is 25.1 Å².